The molecular formula is C19H24N4O3. The number of methoxy groups -OCH3 is 1. The van der Waals surface area contributed by atoms with E-state index in [2.05, 4.69) is 5.10 Å². The van der Waals surface area contributed by atoms with E-state index in [1.165, 1.54) is 0 Å². The number of rotatable bonds is 6. The second-order valence-electron chi connectivity index (χ2n) is 6.54. The van der Waals surface area contributed by atoms with Crippen LogP contribution in [0.5, 0.6) is 0 Å². The van der Waals surface area contributed by atoms with Gasteiger partial charge >= 0.3 is 0 Å². The molecule has 7 heteroatoms. The van der Waals surface area contributed by atoms with Crippen molar-refractivity contribution in [3.8, 4) is 6.07 Å². The summed E-state index contributed by atoms with van der Waals surface area (Å²) in [6.07, 6.45) is 0. The van der Waals surface area contributed by atoms with Crippen LogP contribution in [-0.2, 0) is 11.3 Å². The standard InChI is InChI=1S/C19H24N4O3/c1-11-7-16(15(5)23(11)12(2)10-26-6)18(24)9-22-19(25)17(8-20)13(3)14(4)21-22/h7,12H,9-10H2,1-6H3/t12-/m1/s1. The lowest BCUT2D eigenvalue weighted by molar-refractivity contribution is 0.0964. The number of nitriles is 1. The summed E-state index contributed by atoms with van der Waals surface area (Å²) in [6, 6.07) is 3.82. The summed E-state index contributed by atoms with van der Waals surface area (Å²) in [6.45, 7) is 9.57. The van der Waals surface area contributed by atoms with E-state index in [4.69, 9.17) is 4.74 Å². The minimum Gasteiger partial charge on any atom is -0.383 e. The Morgan fingerprint density at radius 3 is 2.58 bits per heavy atom. The summed E-state index contributed by atoms with van der Waals surface area (Å²) in [5.74, 6) is -0.212. The molecule has 0 bridgehead atoms. The maximum absolute atomic E-state index is 12.8. The monoisotopic (exact) mass is 356 g/mol. The van der Waals surface area contributed by atoms with Crippen molar-refractivity contribution in [1.82, 2.24) is 14.3 Å². The van der Waals surface area contributed by atoms with Gasteiger partial charge in [-0.2, -0.15) is 10.4 Å². The van der Waals surface area contributed by atoms with Crippen LogP contribution in [0.3, 0.4) is 0 Å². The minimum absolute atomic E-state index is 0.0319. The predicted molar refractivity (Wildman–Crippen MR) is 97.5 cm³/mol. The highest BCUT2D eigenvalue weighted by Crippen LogP contribution is 2.21. The smallest absolute Gasteiger partial charge is 0.285 e. The number of carbonyl (C=O) groups excluding carboxylic acids is 1. The third kappa shape index (κ3) is 3.46. The van der Waals surface area contributed by atoms with Crippen LogP contribution in [0, 0.1) is 39.0 Å². The molecule has 0 saturated carbocycles. The van der Waals surface area contributed by atoms with E-state index < -0.39 is 5.56 Å². The molecule has 0 radical (unpaired) electrons. The normalized spacial score (nSPS) is 12.0. The third-order valence-corrected chi connectivity index (χ3v) is 4.68. The lowest BCUT2D eigenvalue weighted by Crippen LogP contribution is -2.30. The first-order chi connectivity index (χ1) is 12.2. The molecule has 0 unspecified atom stereocenters. The van der Waals surface area contributed by atoms with Crippen LogP contribution >= 0.6 is 0 Å². The number of Topliss-reactive ketones (excluding diaryl/α,β-unsaturated/α-hetero) is 1. The Hall–Kier alpha value is -2.72. The predicted octanol–water partition coefficient (Wildman–Crippen LogP) is 2.24. The number of aromatic nitrogens is 3. The first kappa shape index (κ1) is 19.6. The number of nitrogens with zero attached hydrogens (tertiary/aromatic N) is 4. The minimum atomic E-state index is -0.537. The first-order valence-corrected chi connectivity index (χ1v) is 8.41. The van der Waals surface area contributed by atoms with Gasteiger partial charge in [0.05, 0.1) is 18.3 Å². The highest BCUT2D eigenvalue weighted by atomic mass is 16.5. The van der Waals surface area contributed by atoms with E-state index in [1.54, 1.807) is 21.0 Å². The summed E-state index contributed by atoms with van der Waals surface area (Å²) in [4.78, 5) is 25.2. The quantitative estimate of drug-likeness (QED) is 0.741. The van der Waals surface area contributed by atoms with Gasteiger partial charge in [0.1, 0.15) is 18.2 Å². The zero-order valence-electron chi connectivity index (χ0n) is 16.1. The van der Waals surface area contributed by atoms with E-state index in [0.717, 1.165) is 16.1 Å². The van der Waals surface area contributed by atoms with Gasteiger partial charge in [-0.05, 0) is 46.2 Å². The Morgan fingerprint density at radius 2 is 2.00 bits per heavy atom. The number of aryl methyl sites for hydroxylation is 2. The number of ketones is 1. The van der Waals surface area contributed by atoms with Crippen LogP contribution in [0.2, 0.25) is 0 Å². The lowest BCUT2D eigenvalue weighted by atomic mass is 10.1. The van der Waals surface area contributed by atoms with Crippen LogP contribution in [0.25, 0.3) is 0 Å². The number of hydrogen-bond acceptors (Lipinski definition) is 5. The number of carbonyl (C=O) groups is 1. The summed E-state index contributed by atoms with van der Waals surface area (Å²) < 4.78 is 8.33. The van der Waals surface area contributed by atoms with Crippen molar-refractivity contribution >= 4 is 5.78 Å². The van der Waals surface area contributed by atoms with Crippen molar-refractivity contribution in [3.63, 3.8) is 0 Å². The van der Waals surface area contributed by atoms with Gasteiger partial charge in [-0.3, -0.25) is 9.59 Å². The van der Waals surface area contributed by atoms with Crippen LogP contribution in [0.1, 0.15) is 51.5 Å². The molecule has 0 saturated heterocycles. The zero-order valence-corrected chi connectivity index (χ0v) is 16.1. The van der Waals surface area contributed by atoms with Gasteiger partial charge in [0.2, 0.25) is 0 Å². The molecule has 0 aliphatic rings. The molecule has 2 rings (SSSR count). The van der Waals surface area contributed by atoms with Gasteiger partial charge in [0.15, 0.2) is 5.78 Å². The van der Waals surface area contributed by atoms with Crippen molar-refractivity contribution in [2.24, 2.45) is 0 Å². The van der Waals surface area contributed by atoms with Crippen molar-refractivity contribution in [3.05, 3.63) is 50.2 Å². The Labute approximate surface area is 152 Å². The highest BCUT2D eigenvalue weighted by Gasteiger charge is 2.21. The fourth-order valence-electron chi connectivity index (χ4n) is 3.29. The fourth-order valence-corrected chi connectivity index (χ4v) is 3.29. The molecule has 2 heterocycles. The molecule has 0 spiro atoms. The van der Waals surface area contributed by atoms with Crippen molar-refractivity contribution < 1.29 is 9.53 Å². The van der Waals surface area contributed by atoms with Gasteiger partial charge in [-0.1, -0.05) is 0 Å². The maximum atomic E-state index is 12.8. The van der Waals surface area contributed by atoms with E-state index in [-0.39, 0.29) is 23.9 Å². The van der Waals surface area contributed by atoms with Crippen LogP contribution < -0.4 is 5.56 Å². The lowest BCUT2D eigenvalue weighted by Gasteiger charge is -2.17. The second-order valence-corrected chi connectivity index (χ2v) is 6.54. The molecule has 2 aromatic heterocycles. The van der Waals surface area contributed by atoms with Gasteiger partial charge < -0.3 is 9.30 Å². The summed E-state index contributed by atoms with van der Waals surface area (Å²) >= 11 is 0. The second kappa shape index (κ2) is 7.67. The zero-order chi connectivity index (χ0) is 19.6. The Balaban J connectivity index is 2.41. The van der Waals surface area contributed by atoms with E-state index in [1.807, 2.05) is 37.5 Å². The van der Waals surface area contributed by atoms with Crippen LogP contribution in [-0.4, -0.2) is 33.8 Å². The van der Waals surface area contributed by atoms with Crippen molar-refractivity contribution in [1.29, 1.82) is 5.26 Å². The van der Waals surface area contributed by atoms with Crippen molar-refractivity contribution in [2.45, 2.75) is 47.2 Å². The van der Waals surface area contributed by atoms with E-state index in [0.29, 0.717) is 23.4 Å². The largest absolute Gasteiger partial charge is 0.383 e. The molecular weight excluding hydrogens is 332 g/mol. The topological polar surface area (TPSA) is 89.9 Å². The molecule has 0 fully saturated rings. The molecule has 7 nitrogen and oxygen atoms in total. The molecule has 0 N–H and O–H groups in total. The third-order valence-electron chi connectivity index (χ3n) is 4.68. The fraction of sp³-hybridized carbons (Fsp3) is 0.474. The molecule has 2 aromatic rings. The Morgan fingerprint density at radius 1 is 1.35 bits per heavy atom. The molecule has 0 aliphatic carbocycles. The van der Waals surface area contributed by atoms with Crippen molar-refractivity contribution in [2.75, 3.05) is 13.7 Å². The summed E-state index contributed by atoms with van der Waals surface area (Å²) in [5, 5.41) is 13.4. The molecule has 0 aromatic carbocycles. The average Bonchev–Trinajstić information content (AvgIpc) is 2.88. The summed E-state index contributed by atoms with van der Waals surface area (Å²) in [5.41, 5.74) is 2.94. The molecule has 0 aliphatic heterocycles. The average molecular weight is 356 g/mol. The summed E-state index contributed by atoms with van der Waals surface area (Å²) in [7, 11) is 1.64. The number of hydrogen-bond donors (Lipinski definition) is 0. The highest BCUT2D eigenvalue weighted by molar-refractivity contribution is 5.97. The van der Waals surface area contributed by atoms with E-state index in [9.17, 15) is 14.9 Å². The van der Waals surface area contributed by atoms with E-state index >= 15 is 0 Å². The molecule has 0 amide bonds. The Bertz CT molecular complexity index is 947. The molecule has 26 heavy (non-hydrogen) atoms. The maximum Gasteiger partial charge on any atom is 0.285 e. The van der Waals surface area contributed by atoms with Crippen LogP contribution in [0.15, 0.2) is 10.9 Å². The molecule has 1 atom stereocenters. The Kier molecular flexibility index (Phi) is 5.78. The van der Waals surface area contributed by atoms with Gasteiger partial charge in [-0.15, -0.1) is 0 Å². The van der Waals surface area contributed by atoms with Gasteiger partial charge in [0.25, 0.3) is 5.56 Å². The SMILES string of the molecule is COC[C@@H](C)n1c(C)cc(C(=O)Cn2nc(C)c(C)c(C#N)c2=O)c1C. The molecule has 138 valence electrons. The van der Waals surface area contributed by atoms with Gasteiger partial charge in [-0.25, -0.2) is 4.68 Å². The number of ether oxygens (including phenoxy) is 1. The van der Waals surface area contributed by atoms with Crippen LogP contribution in [0.4, 0.5) is 0 Å². The first-order valence-electron chi connectivity index (χ1n) is 8.41. The van der Waals surface area contributed by atoms with Gasteiger partial charge in [0, 0.05) is 24.1 Å².